The second kappa shape index (κ2) is 7.65. The number of rotatable bonds is 5. The average Bonchev–Trinajstić information content (AvgIpc) is 2.86. The highest BCUT2D eigenvalue weighted by atomic mass is 32.2. The fourth-order valence-electron chi connectivity index (χ4n) is 2.58. The first-order valence-electron chi connectivity index (χ1n) is 8.07. The van der Waals surface area contributed by atoms with Crippen molar-refractivity contribution in [3.63, 3.8) is 0 Å². The molecule has 1 N–H and O–H groups in total. The zero-order valence-electron chi connectivity index (χ0n) is 14.2. The zero-order valence-corrected chi connectivity index (χ0v) is 15.0. The maximum absolute atomic E-state index is 12.5. The van der Waals surface area contributed by atoms with Crippen molar-refractivity contribution in [1.29, 1.82) is 0 Å². The van der Waals surface area contributed by atoms with Gasteiger partial charge in [0.15, 0.2) is 11.5 Å². The van der Waals surface area contributed by atoms with Crippen LogP contribution in [-0.2, 0) is 21.2 Å². The number of para-hydroxylation sites is 1. The van der Waals surface area contributed by atoms with Gasteiger partial charge in [0.1, 0.15) is 5.75 Å². The van der Waals surface area contributed by atoms with Crippen molar-refractivity contribution < 1.29 is 27.4 Å². The molecular formula is C18H19NO6S. The van der Waals surface area contributed by atoms with Gasteiger partial charge in [-0.1, -0.05) is 18.2 Å². The molecule has 0 fully saturated rings. The Morgan fingerprint density at radius 3 is 2.62 bits per heavy atom. The number of methoxy groups -OCH3 is 1. The largest absolute Gasteiger partial charge is 0.496 e. The fraction of sp³-hybridized carbons (Fsp3) is 0.278. The summed E-state index contributed by atoms with van der Waals surface area (Å²) in [7, 11) is -2.53. The van der Waals surface area contributed by atoms with E-state index in [1.165, 1.54) is 25.3 Å². The first-order valence-corrected chi connectivity index (χ1v) is 9.55. The third kappa shape index (κ3) is 4.08. The van der Waals surface area contributed by atoms with Crippen LogP contribution < -0.4 is 18.9 Å². The highest BCUT2D eigenvalue weighted by Gasteiger charge is 2.21. The van der Waals surface area contributed by atoms with Gasteiger partial charge in [-0.25, -0.2) is 13.1 Å². The maximum Gasteiger partial charge on any atom is 0.264 e. The predicted molar refractivity (Wildman–Crippen MR) is 94.1 cm³/mol. The number of nitrogens with one attached hydrogen (secondary N) is 1. The van der Waals surface area contributed by atoms with E-state index in [0.717, 1.165) is 0 Å². The summed E-state index contributed by atoms with van der Waals surface area (Å²) in [5.74, 6) is 0.710. The van der Waals surface area contributed by atoms with Gasteiger partial charge in [0.05, 0.1) is 31.6 Å². The number of carbonyl (C=O) groups is 1. The first-order chi connectivity index (χ1) is 12.5. The van der Waals surface area contributed by atoms with Crippen LogP contribution in [0.3, 0.4) is 0 Å². The number of carbonyl (C=O) groups excluding carboxylic acids is 1. The first kappa shape index (κ1) is 18.1. The van der Waals surface area contributed by atoms with Gasteiger partial charge in [0.25, 0.3) is 10.0 Å². The van der Waals surface area contributed by atoms with Crippen LogP contribution in [0.1, 0.15) is 12.0 Å². The maximum atomic E-state index is 12.5. The van der Waals surface area contributed by atoms with E-state index in [1.807, 2.05) is 0 Å². The van der Waals surface area contributed by atoms with Crippen molar-refractivity contribution >= 4 is 15.9 Å². The summed E-state index contributed by atoms with van der Waals surface area (Å²) in [6.45, 7) is 0.950. The van der Waals surface area contributed by atoms with Crippen LogP contribution in [0.5, 0.6) is 17.2 Å². The van der Waals surface area contributed by atoms with Crippen molar-refractivity contribution in [2.45, 2.75) is 17.7 Å². The molecule has 138 valence electrons. The van der Waals surface area contributed by atoms with E-state index in [1.54, 1.807) is 24.3 Å². The number of fused-ring (bicyclic) bond motifs is 1. The third-order valence-electron chi connectivity index (χ3n) is 3.82. The lowest BCUT2D eigenvalue weighted by atomic mass is 10.1. The number of hydrogen-bond donors (Lipinski definition) is 1. The molecule has 0 spiro atoms. The van der Waals surface area contributed by atoms with E-state index in [-0.39, 0.29) is 11.3 Å². The van der Waals surface area contributed by atoms with E-state index < -0.39 is 15.9 Å². The third-order valence-corrected chi connectivity index (χ3v) is 5.19. The quantitative estimate of drug-likeness (QED) is 0.856. The Hall–Kier alpha value is -2.74. The molecule has 1 amide bonds. The number of sulfonamides is 1. The van der Waals surface area contributed by atoms with Crippen molar-refractivity contribution in [2.24, 2.45) is 0 Å². The van der Waals surface area contributed by atoms with Gasteiger partial charge in [-0.15, -0.1) is 0 Å². The Bertz CT molecular complexity index is 910. The Balaban J connectivity index is 1.76. The number of amides is 1. The Kier molecular flexibility index (Phi) is 5.32. The minimum atomic E-state index is -4.02. The summed E-state index contributed by atoms with van der Waals surface area (Å²) in [4.78, 5) is 12.2. The minimum Gasteiger partial charge on any atom is -0.496 e. The van der Waals surface area contributed by atoms with Crippen LogP contribution in [-0.4, -0.2) is 34.6 Å². The molecule has 8 heteroatoms. The number of hydrogen-bond acceptors (Lipinski definition) is 6. The molecule has 7 nitrogen and oxygen atoms in total. The summed E-state index contributed by atoms with van der Waals surface area (Å²) in [6, 6.07) is 11.2. The molecule has 0 bridgehead atoms. The van der Waals surface area contributed by atoms with Crippen LogP contribution in [0.4, 0.5) is 0 Å². The Labute approximate surface area is 151 Å². The monoisotopic (exact) mass is 377 g/mol. The smallest absolute Gasteiger partial charge is 0.264 e. The van der Waals surface area contributed by atoms with Crippen molar-refractivity contribution in [3.05, 3.63) is 48.0 Å². The molecule has 1 aliphatic rings. The van der Waals surface area contributed by atoms with E-state index in [4.69, 9.17) is 14.2 Å². The summed E-state index contributed by atoms with van der Waals surface area (Å²) in [5.41, 5.74) is 0.598. The van der Waals surface area contributed by atoms with Crippen molar-refractivity contribution in [3.8, 4) is 17.2 Å². The molecule has 0 radical (unpaired) electrons. The fourth-order valence-corrected chi connectivity index (χ4v) is 3.58. The lowest BCUT2D eigenvalue weighted by Gasteiger charge is -2.11. The molecular weight excluding hydrogens is 358 g/mol. The highest BCUT2D eigenvalue weighted by molar-refractivity contribution is 7.90. The summed E-state index contributed by atoms with van der Waals surface area (Å²) < 4.78 is 43.2. The van der Waals surface area contributed by atoms with E-state index >= 15 is 0 Å². The highest BCUT2D eigenvalue weighted by Crippen LogP contribution is 2.31. The van der Waals surface area contributed by atoms with Gasteiger partial charge < -0.3 is 14.2 Å². The minimum absolute atomic E-state index is 0.0601. The number of ether oxygens (including phenoxy) is 3. The van der Waals surface area contributed by atoms with Crippen LogP contribution >= 0.6 is 0 Å². The molecule has 0 saturated heterocycles. The second-order valence-electron chi connectivity index (χ2n) is 5.68. The summed E-state index contributed by atoms with van der Waals surface area (Å²) >= 11 is 0. The lowest BCUT2D eigenvalue weighted by Crippen LogP contribution is -2.31. The molecule has 2 aromatic rings. The summed E-state index contributed by atoms with van der Waals surface area (Å²) in [5, 5.41) is 0. The van der Waals surface area contributed by atoms with E-state index in [2.05, 4.69) is 4.72 Å². The molecule has 1 aliphatic heterocycles. The molecule has 0 aromatic heterocycles. The molecule has 0 saturated carbocycles. The van der Waals surface area contributed by atoms with Gasteiger partial charge >= 0.3 is 0 Å². The normalized spacial score (nSPS) is 13.6. The van der Waals surface area contributed by atoms with E-state index in [9.17, 15) is 13.2 Å². The standard InChI is InChI=1S/C18H19NO6S/c1-23-15-6-3-2-5-13(15)11-18(20)19-26(21,22)14-7-8-16-17(12-14)25-10-4-9-24-16/h2-3,5-8,12H,4,9-11H2,1H3,(H,19,20). The van der Waals surface area contributed by atoms with Gasteiger partial charge in [-0.2, -0.15) is 0 Å². The van der Waals surface area contributed by atoms with Crippen molar-refractivity contribution in [1.82, 2.24) is 4.72 Å². The van der Waals surface area contributed by atoms with Crippen LogP contribution in [0.2, 0.25) is 0 Å². The number of benzene rings is 2. The lowest BCUT2D eigenvalue weighted by molar-refractivity contribution is -0.118. The summed E-state index contributed by atoms with van der Waals surface area (Å²) in [6.07, 6.45) is 0.597. The molecule has 3 rings (SSSR count). The van der Waals surface area contributed by atoms with Crippen LogP contribution in [0, 0.1) is 0 Å². The van der Waals surface area contributed by atoms with E-state index in [0.29, 0.717) is 42.4 Å². The van der Waals surface area contributed by atoms with Gasteiger partial charge in [-0.05, 0) is 18.2 Å². The van der Waals surface area contributed by atoms with Crippen LogP contribution in [0.25, 0.3) is 0 Å². The Morgan fingerprint density at radius 1 is 1.12 bits per heavy atom. The molecule has 2 aromatic carbocycles. The SMILES string of the molecule is COc1ccccc1CC(=O)NS(=O)(=O)c1ccc2c(c1)OCCCO2. The van der Waals surface area contributed by atoms with Crippen LogP contribution in [0.15, 0.2) is 47.4 Å². The Morgan fingerprint density at radius 2 is 1.85 bits per heavy atom. The van der Waals surface area contributed by atoms with Crippen molar-refractivity contribution in [2.75, 3.05) is 20.3 Å². The van der Waals surface area contributed by atoms with Gasteiger partial charge in [0, 0.05) is 18.1 Å². The van der Waals surface area contributed by atoms with Gasteiger partial charge in [-0.3, -0.25) is 4.79 Å². The molecule has 1 heterocycles. The predicted octanol–water partition coefficient (Wildman–Crippen LogP) is 1.90. The topological polar surface area (TPSA) is 90.9 Å². The zero-order chi connectivity index (χ0) is 18.6. The molecule has 0 aliphatic carbocycles. The second-order valence-corrected chi connectivity index (χ2v) is 7.36. The molecule has 0 unspecified atom stereocenters. The molecule has 26 heavy (non-hydrogen) atoms. The average molecular weight is 377 g/mol. The molecule has 0 atom stereocenters. The van der Waals surface area contributed by atoms with Gasteiger partial charge in [0.2, 0.25) is 5.91 Å².